The molecule has 0 aliphatic heterocycles. The van der Waals surface area contributed by atoms with Crippen LogP contribution in [0, 0.1) is 6.92 Å². The normalized spacial score (nSPS) is 10.9. The number of fused-ring (bicyclic) bond motifs is 1. The fourth-order valence-corrected chi connectivity index (χ4v) is 2.81. The van der Waals surface area contributed by atoms with Crippen LogP contribution in [-0.4, -0.2) is 14.5 Å². The van der Waals surface area contributed by atoms with Crippen LogP contribution < -0.4 is 5.56 Å². The largest absolute Gasteiger partial charge is 0.293 e. The standard InChI is InChI=1S/C13H11N3OS/c1-9-7-18-12-11(9)15-8-16(13(12)17)6-10-3-2-4-14-5-10/h2-5,7-8H,6H2,1H3. The molecule has 3 aromatic rings. The maximum atomic E-state index is 12.3. The second kappa shape index (κ2) is 4.34. The topological polar surface area (TPSA) is 47.8 Å². The maximum Gasteiger partial charge on any atom is 0.271 e. The molecule has 5 heteroatoms. The van der Waals surface area contributed by atoms with Gasteiger partial charge in [-0.2, -0.15) is 0 Å². The molecule has 0 radical (unpaired) electrons. The van der Waals surface area contributed by atoms with Crippen molar-refractivity contribution >= 4 is 21.6 Å². The smallest absolute Gasteiger partial charge is 0.271 e. The fourth-order valence-electron chi connectivity index (χ4n) is 1.86. The van der Waals surface area contributed by atoms with E-state index in [-0.39, 0.29) is 5.56 Å². The minimum atomic E-state index is 0.0157. The van der Waals surface area contributed by atoms with E-state index in [1.807, 2.05) is 24.4 Å². The number of pyridine rings is 1. The predicted octanol–water partition coefficient (Wildman–Crippen LogP) is 2.21. The van der Waals surface area contributed by atoms with Crippen LogP contribution in [0.4, 0.5) is 0 Å². The van der Waals surface area contributed by atoms with Crippen molar-refractivity contribution in [3.63, 3.8) is 0 Å². The Morgan fingerprint density at radius 2 is 2.33 bits per heavy atom. The van der Waals surface area contributed by atoms with E-state index in [1.165, 1.54) is 11.3 Å². The van der Waals surface area contributed by atoms with E-state index in [0.29, 0.717) is 6.54 Å². The van der Waals surface area contributed by atoms with Gasteiger partial charge in [0.2, 0.25) is 0 Å². The predicted molar refractivity (Wildman–Crippen MR) is 72.0 cm³/mol. The van der Waals surface area contributed by atoms with Crippen LogP contribution in [-0.2, 0) is 6.54 Å². The molecule has 0 unspecified atom stereocenters. The number of nitrogens with zero attached hydrogens (tertiary/aromatic N) is 3. The molecule has 0 aliphatic rings. The number of hydrogen-bond acceptors (Lipinski definition) is 4. The molecule has 0 atom stereocenters. The van der Waals surface area contributed by atoms with E-state index in [2.05, 4.69) is 9.97 Å². The summed E-state index contributed by atoms with van der Waals surface area (Å²) >= 11 is 1.45. The van der Waals surface area contributed by atoms with Crippen molar-refractivity contribution in [2.75, 3.05) is 0 Å². The van der Waals surface area contributed by atoms with Gasteiger partial charge in [0.15, 0.2) is 0 Å². The molecule has 3 aromatic heterocycles. The van der Waals surface area contributed by atoms with Crippen LogP contribution in [0.15, 0.2) is 41.0 Å². The van der Waals surface area contributed by atoms with Crippen molar-refractivity contribution in [1.82, 2.24) is 14.5 Å². The molecule has 0 aromatic carbocycles. The third kappa shape index (κ3) is 1.82. The molecule has 0 fully saturated rings. The number of hydrogen-bond donors (Lipinski definition) is 0. The molecule has 90 valence electrons. The zero-order valence-electron chi connectivity index (χ0n) is 9.83. The first-order valence-electron chi connectivity index (χ1n) is 5.58. The monoisotopic (exact) mass is 257 g/mol. The molecule has 4 nitrogen and oxygen atoms in total. The summed E-state index contributed by atoms with van der Waals surface area (Å²) in [4.78, 5) is 20.7. The Kier molecular flexibility index (Phi) is 2.68. The second-order valence-electron chi connectivity index (χ2n) is 4.14. The van der Waals surface area contributed by atoms with E-state index >= 15 is 0 Å². The molecule has 3 rings (SSSR count). The van der Waals surface area contributed by atoms with E-state index in [0.717, 1.165) is 21.3 Å². The van der Waals surface area contributed by atoms with Crippen molar-refractivity contribution in [2.24, 2.45) is 0 Å². The van der Waals surface area contributed by atoms with Gasteiger partial charge < -0.3 is 0 Å². The van der Waals surface area contributed by atoms with Crippen molar-refractivity contribution in [1.29, 1.82) is 0 Å². The first kappa shape index (κ1) is 11.1. The zero-order chi connectivity index (χ0) is 12.5. The lowest BCUT2D eigenvalue weighted by atomic mass is 10.3. The molecule has 0 saturated heterocycles. The SMILES string of the molecule is Cc1csc2c(=O)n(Cc3cccnc3)cnc12. The molecule has 3 heterocycles. The van der Waals surface area contributed by atoms with E-state index in [4.69, 9.17) is 0 Å². The molecule has 18 heavy (non-hydrogen) atoms. The lowest BCUT2D eigenvalue weighted by Crippen LogP contribution is -2.20. The Morgan fingerprint density at radius 1 is 1.44 bits per heavy atom. The summed E-state index contributed by atoms with van der Waals surface area (Å²) in [6.45, 7) is 2.48. The highest BCUT2D eigenvalue weighted by atomic mass is 32.1. The Morgan fingerprint density at radius 3 is 3.11 bits per heavy atom. The van der Waals surface area contributed by atoms with Gasteiger partial charge >= 0.3 is 0 Å². The lowest BCUT2D eigenvalue weighted by molar-refractivity contribution is 0.746. The van der Waals surface area contributed by atoms with Crippen molar-refractivity contribution in [3.8, 4) is 0 Å². The lowest BCUT2D eigenvalue weighted by Gasteiger charge is -2.04. The molecule has 0 aliphatic carbocycles. The van der Waals surface area contributed by atoms with Crippen molar-refractivity contribution in [2.45, 2.75) is 13.5 Å². The van der Waals surface area contributed by atoms with Crippen LogP contribution in [0.2, 0.25) is 0 Å². The maximum absolute atomic E-state index is 12.3. The first-order valence-corrected chi connectivity index (χ1v) is 6.46. The average Bonchev–Trinajstić information content (AvgIpc) is 2.77. The molecule has 0 amide bonds. The number of rotatable bonds is 2. The summed E-state index contributed by atoms with van der Waals surface area (Å²) in [7, 11) is 0. The molecule has 0 N–H and O–H groups in total. The van der Waals surface area contributed by atoms with Gasteiger partial charge in [0, 0.05) is 12.4 Å². The van der Waals surface area contributed by atoms with E-state index in [9.17, 15) is 4.79 Å². The fraction of sp³-hybridized carbons (Fsp3) is 0.154. The third-order valence-electron chi connectivity index (χ3n) is 2.80. The highest BCUT2D eigenvalue weighted by Crippen LogP contribution is 2.19. The Bertz CT molecular complexity index is 746. The van der Waals surface area contributed by atoms with Gasteiger partial charge in [0.05, 0.1) is 18.4 Å². The summed E-state index contributed by atoms with van der Waals surface area (Å²) in [5.74, 6) is 0. The minimum absolute atomic E-state index is 0.0157. The van der Waals surface area contributed by atoms with Crippen LogP contribution in [0.1, 0.15) is 11.1 Å². The number of thiophene rings is 1. The van der Waals surface area contributed by atoms with Gasteiger partial charge in [0.25, 0.3) is 5.56 Å². The summed E-state index contributed by atoms with van der Waals surface area (Å²) in [6, 6.07) is 3.81. The molecule has 0 spiro atoms. The quantitative estimate of drug-likeness (QED) is 0.707. The van der Waals surface area contributed by atoms with Crippen LogP contribution in [0.5, 0.6) is 0 Å². The average molecular weight is 257 g/mol. The molecular formula is C13H11N3OS. The van der Waals surface area contributed by atoms with Gasteiger partial charge in [-0.25, -0.2) is 4.98 Å². The van der Waals surface area contributed by atoms with Gasteiger partial charge in [-0.15, -0.1) is 11.3 Å². The van der Waals surface area contributed by atoms with Crippen LogP contribution in [0.3, 0.4) is 0 Å². The third-order valence-corrected chi connectivity index (χ3v) is 3.87. The number of aromatic nitrogens is 3. The molecule has 0 saturated carbocycles. The van der Waals surface area contributed by atoms with E-state index < -0.39 is 0 Å². The summed E-state index contributed by atoms with van der Waals surface area (Å²) < 4.78 is 2.34. The van der Waals surface area contributed by atoms with Gasteiger partial charge in [-0.3, -0.25) is 14.3 Å². The Labute approximate surface area is 108 Å². The van der Waals surface area contributed by atoms with Crippen LogP contribution >= 0.6 is 11.3 Å². The highest BCUT2D eigenvalue weighted by Gasteiger charge is 2.08. The van der Waals surface area contributed by atoms with E-state index in [1.54, 1.807) is 23.3 Å². The van der Waals surface area contributed by atoms with Crippen molar-refractivity contribution < 1.29 is 0 Å². The summed E-state index contributed by atoms with van der Waals surface area (Å²) in [5, 5.41) is 1.97. The van der Waals surface area contributed by atoms with Gasteiger partial charge in [-0.05, 0) is 29.5 Å². The van der Waals surface area contributed by atoms with Crippen molar-refractivity contribution in [3.05, 3.63) is 57.7 Å². The first-order chi connectivity index (χ1) is 8.75. The van der Waals surface area contributed by atoms with Gasteiger partial charge in [0.1, 0.15) is 4.70 Å². The Balaban J connectivity index is 2.08. The Hall–Kier alpha value is -2.01. The minimum Gasteiger partial charge on any atom is -0.293 e. The zero-order valence-corrected chi connectivity index (χ0v) is 10.6. The molecule has 0 bridgehead atoms. The summed E-state index contributed by atoms with van der Waals surface area (Å²) in [6.07, 6.45) is 5.09. The number of aryl methyl sites for hydroxylation is 1. The highest BCUT2D eigenvalue weighted by molar-refractivity contribution is 7.17. The molecular weight excluding hydrogens is 246 g/mol. The van der Waals surface area contributed by atoms with Crippen LogP contribution in [0.25, 0.3) is 10.2 Å². The van der Waals surface area contributed by atoms with Gasteiger partial charge in [-0.1, -0.05) is 6.07 Å². The summed E-state index contributed by atoms with van der Waals surface area (Å²) in [5.41, 5.74) is 2.88. The second-order valence-corrected chi connectivity index (χ2v) is 5.01.